The van der Waals surface area contributed by atoms with Crippen LogP contribution in [0.5, 0.6) is 0 Å². The number of hydrogen-bond acceptors (Lipinski definition) is 3. The Kier molecular flexibility index (Phi) is 2.95. The van der Waals surface area contributed by atoms with E-state index in [0.717, 1.165) is 19.8 Å². The molecule has 0 aromatic rings. The Bertz CT molecular complexity index is 85.6. The van der Waals surface area contributed by atoms with Gasteiger partial charge in [-0.3, -0.25) is 4.84 Å². The number of rotatable bonds is 0. The minimum Gasteiger partial charge on any atom is -1.00 e. The second-order valence-electron chi connectivity index (χ2n) is 2.31. The van der Waals surface area contributed by atoms with Crippen LogP contribution in [0.25, 0.3) is 0 Å². The summed E-state index contributed by atoms with van der Waals surface area (Å²) in [4.78, 5) is 5.25. The Labute approximate surface area is 78.5 Å². The zero-order chi connectivity index (χ0) is 5.40. The van der Waals surface area contributed by atoms with Crippen molar-refractivity contribution in [2.45, 2.75) is 12.5 Å². The molecule has 1 unspecified atom stereocenters. The molecule has 0 aromatic carbocycles. The van der Waals surface area contributed by atoms with Crippen LogP contribution >= 0.6 is 0 Å². The van der Waals surface area contributed by atoms with E-state index in [1.165, 1.54) is 6.42 Å². The van der Waals surface area contributed by atoms with E-state index in [-0.39, 0.29) is 31.0 Å². The third kappa shape index (κ3) is 1.48. The fourth-order valence-corrected chi connectivity index (χ4v) is 1.28. The van der Waals surface area contributed by atoms with E-state index in [1.54, 1.807) is 0 Å². The predicted octanol–water partition coefficient (Wildman–Crippen LogP) is -3.33. The summed E-state index contributed by atoms with van der Waals surface area (Å²) in [5.41, 5.74) is 0. The van der Waals surface area contributed by atoms with E-state index >= 15 is 0 Å². The van der Waals surface area contributed by atoms with Gasteiger partial charge < -0.3 is 6.74 Å². The van der Waals surface area contributed by atoms with Crippen LogP contribution in [-0.2, 0) is 4.84 Å². The van der Waals surface area contributed by atoms with Gasteiger partial charge in [0.15, 0.2) is 0 Å². The zero-order valence-corrected chi connectivity index (χ0v) is 7.76. The van der Waals surface area contributed by atoms with Crippen LogP contribution in [0.2, 0.25) is 0 Å². The Balaban J connectivity index is 0.000000405. The second kappa shape index (κ2) is 3.32. The molecule has 0 bridgehead atoms. The molecule has 2 saturated heterocycles. The Morgan fingerprint density at radius 2 is 2.56 bits per heavy atom. The quantitative estimate of drug-likeness (QED) is 0.354. The summed E-state index contributed by atoms with van der Waals surface area (Å²) in [5, 5.41) is 5.25. The van der Waals surface area contributed by atoms with Crippen LogP contribution in [-0.4, -0.2) is 30.9 Å². The van der Waals surface area contributed by atoms with Crippen molar-refractivity contribution in [2.75, 3.05) is 19.8 Å². The van der Waals surface area contributed by atoms with Crippen LogP contribution in [0.4, 0.5) is 0 Å². The fraction of sp³-hybridized carbons (Fsp3) is 1.00. The summed E-state index contributed by atoms with van der Waals surface area (Å²) >= 11 is 0. The monoisotopic (exact) mass is 138 g/mol. The molecular formula is C5H11N2NaO. The minimum atomic E-state index is 0. The van der Waals surface area contributed by atoms with Gasteiger partial charge >= 0.3 is 29.6 Å². The third-order valence-corrected chi connectivity index (χ3v) is 1.76. The maximum absolute atomic E-state index is 5.25. The first-order chi connectivity index (χ1) is 3.97. The molecule has 2 rings (SSSR count). The molecule has 4 heteroatoms. The van der Waals surface area contributed by atoms with Crippen LogP contribution in [0, 0.1) is 0 Å². The maximum Gasteiger partial charge on any atom is 1.00 e. The van der Waals surface area contributed by atoms with E-state index in [2.05, 4.69) is 5.32 Å². The van der Waals surface area contributed by atoms with Crippen LogP contribution < -0.4 is 34.9 Å². The first-order valence-corrected chi connectivity index (χ1v) is 3.07. The summed E-state index contributed by atoms with van der Waals surface area (Å²) in [6.45, 7) is 2.96. The fourth-order valence-electron chi connectivity index (χ4n) is 1.28. The first kappa shape index (κ1) is 7.98. The van der Waals surface area contributed by atoms with Crippen molar-refractivity contribution in [1.82, 2.24) is 10.4 Å². The van der Waals surface area contributed by atoms with E-state index in [4.69, 9.17) is 4.84 Å². The minimum absolute atomic E-state index is 0. The molecule has 48 valence electrons. The van der Waals surface area contributed by atoms with E-state index in [9.17, 15) is 0 Å². The van der Waals surface area contributed by atoms with Crippen LogP contribution in [0.3, 0.4) is 0 Å². The number of hydroxylamine groups is 2. The first-order valence-electron chi connectivity index (χ1n) is 3.07. The van der Waals surface area contributed by atoms with Gasteiger partial charge in [0.05, 0.1) is 19.3 Å². The van der Waals surface area contributed by atoms with Gasteiger partial charge in [0.2, 0.25) is 0 Å². The van der Waals surface area contributed by atoms with Crippen molar-refractivity contribution < 1.29 is 35.8 Å². The van der Waals surface area contributed by atoms with Gasteiger partial charge in [-0.1, -0.05) is 0 Å². The largest absolute Gasteiger partial charge is 1.00 e. The molecule has 9 heavy (non-hydrogen) atoms. The van der Waals surface area contributed by atoms with Crippen molar-refractivity contribution in [3.63, 3.8) is 0 Å². The maximum atomic E-state index is 5.25. The molecule has 3 nitrogen and oxygen atoms in total. The number of nitrogens with one attached hydrogen (secondary N) is 1. The molecule has 2 heterocycles. The van der Waals surface area contributed by atoms with Crippen molar-refractivity contribution in [1.29, 1.82) is 0 Å². The Morgan fingerprint density at radius 3 is 3.33 bits per heavy atom. The molecule has 0 amide bonds. The molecule has 0 saturated carbocycles. The number of nitrogens with zero attached hydrogens (tertiary/aromatic N) is 1. The van der Waals surface area contributed by atoms with Crippen LogP contribution in [0.1, 0.15) is 7.85 Å². The average Bonchev–Trinajstić information content (AvgIpc) is 2.15. The molecule has 0 radical (unpaired) electrons. The van der Waals surface area contributed by atoms with E-state index < -0.39 is 0 Å². The Morgan fingerprint density at radius 1 is 1.67 bits per heavy atom. The smallest absolute Gasteiger partial charge is 1.00 e. The van der Waals surface area contributed by atoms with Crippen molar-refractivity contribution in [3.8, 4) is 0 Å². The summed E-state index contributed by atoms with van der Waals surface area (Å²) in [7, 11) is 0. The van der Waals surface area contributed by atoms with Crippen LogP contribution in [0.15, 0.2) is 0 Å². The molecule has 0 aromatic heterocycles. The summed E-state index contributed by atoms with van der Waals surface area (Å²) in [5.74, 6) is 0. The molecule has 1 atom stereocenters. The van der Waals surface area contributed by atoms with Gasteiger partial charge in [-0.25, -0.2) is 0 Å². The van der Waals surface area contributed by atoms with Gasteiger partial charge in [0, 0.05) is 6.54 Å². The molecule has 2 fully saturated rings. The van der Waals surface area contributed by atoms with Gasteiger partial charge in [-0.15, -0.1) is 0 Å². The van der Waals surface area contributed by atoms with E-state index in [0.29, 0.717) is 6.04 Å². The third-order valence-electron chi connectivity index (χ3n) is 1.76. The predicted molar refractivity (Wildman–Crippen MR) is 30.2 cm³/mol. The molecule has 1 N–H and O–H groups in total. The number of fused-ring (bicyclic) bond motifs is 1. The van der Waals surface area contributed by atoms with E-state index in [1.807, 2.05) is 5.06 Å². The molecular weight excluding hydrogens is 127 g/mol. The number of hydrogen-bond donors (Lipinski definition) is 1. The standard InChI is InChI=1S/C5H10N2O.Na.H/c1-2-8-7-4-6-3-5(1)7;;/h5-6H,1-4H2;;/q;+1;-1. The van der Waals surface area contributed by atoms with Gasteiger partial charge in [0.25, 0.3) is 0 Å². The van der Waals surface area contributed by atoms with Gasteiger partial charge in [-0.05, 0) is 6.42 Å². The average molecular weight is 138 g/mol. The molecule has 2 aliphatic heterocycles. The summed E-state index contributed by atoms with van der Waals surface area (Å²) < 4.78 is 0. The Hall–Kier alpha value is 0.880. The normalized spacial score (nSPS) is 34.0. The topological polar surface area (TPSA) is 24.5 Å². The van der Waals surface area contributed by atoms with Crippen molar-refractivity contribution in [2.24, 2.45) is 0 Å². The zero-order valence-electron chi connectivity index (χ0n) is 6.76. The molecule has 2 aliphatic rings. The van der Waals surface area contributed by atoms with Gasteiger partial charge in [-0.2, -0.15) is 5.06 Å². The SMILES string of the molecule is C1CC2CNCN2O1.[H-].[Na+]. The van der Waals surface area contributed by atoms with Gasteiger partial charge in [0.1, 0.15) is 0 Å². The van der Waals surface area contributed by atoms with Crippen molar-refractivity contribution >= 4 is 0 Å². The molecule has 0 aliphatic carbocycles. The second-order valence-corrected chi connectivity index (χ2v) is 2.31. The molecule has 0 spiro atoms. The van der Waals surface area contributed by atoms with Crippen molar-refractivity contribution in [3.05, 3.63) is 0 Å². The summed E-state index contributed by atoms with van der Waals surface area (Å²) in [6, 6.07) is 0.676. The summed E-state index contributed by atoms with van der Waals surface area (Å²) in [6.07, 6.45) is 1.20.